The predicted octanol–water partition coefficient (Wildman–Crippen LogP) is 2.64. The van der Waals surface area contributed by atoms with Gasteiger partial charge in [0.2, 0.25) is 0 Å². The van der Waals surface area contributed by atoms with E-state index in [1.54, 1.807) is 13.0 Å². The van der Waals surface area contributed by atoms with Crippen molar-refractivity contribution in [2.45, 2.75) is 32.6 Å². The highest BCUT2D eigenvalue weighted by atomic mass is 16.4. The predicted molar refractivity (Wildman–Crippen MR) is 64.3 cm³/mol. The molecule has 1 aromatic carbocycles. The first-order valence-corrected chi connectivity index (χ1v) is 5.94. The van der Waals surface area contributed by atoms with Crippen molar-refractivity contribution in [1.82, 2.24) is 0 Å². The van der Waals surface area contributed by atoms with Crippen LogP contribution in [0.15, 0.2) is 18.2 Å². The summed E-state index contributed by atoms with van der Waals surface area (Å²) in [7, 11) is 0. The van der Waals surface area contributed by atoms with Crippen LogP contribution in [-0.2, 0) is 11.2 Å². The van der Waals surface area contributed by atoms with Crippen molar-refractivity contribution in [1.29, 1.82) is 0 Å². The van der Waals surface area contributed by atoms with E-state index < -0.39 is 11.9 Å². The second-order valence-electron chi connectivity index (χ2n) is 4.65. The van der Waals surface area contributed by atoms with Crippen LogP contribution in [0.4, 0.5) is 0 Å². The number of benzene rings is 1. The van der Waals surface area contributed by atoms with Crippen molar-refractivity contribution in [2.24, 2.45) is 5.92 Å². The molecule has 0 bridgehead atoms. The molecule has 3 heteroatoms. The van der Waals surface area contributed by atoms with Gasteiger partial charge < -0.3 is 5.11 Å². The minimum absolute atomic E-state index is 0.0837. The molecule has 0 spiro atoms. The summed E-state index contributed by atoms with van der Waals surface area (Å²) >= 11 is 0. The first-order valence-electron chi connectivity index (χ1n) is 5.94. The molecule has 17 heavy (non-hydrogen) atoms. The van der Waals surface area contributed by atoms with Gasteiger partial charge in [-0.05, 0) is 37.0 Å². The van der Waals surface area contributed by atoms with Gasteiger partial charge in [0.1, 0.15) is 0 Å². The number of Topliss-reactive ketones (excluding diaryl/α,β-unsaturated/α-hetero) is 1. The van der Waals surface area contributed by atoms with Gasteiger partial charge in [-0.1, -0.05) is 19.1 Å². The van der Waals surface area contributed by atoms with Crippen molar-refractivity contribution < 1.29 is 14.7 Å². The van der Waals surface area contributed by atoms with Gasteiger partial charge in [-0.15, -0.1) is 0 Å². The summed E-state index contributed by atoms with van der Waals surface area (Å²) in [5.74, 6) is -1.17. The topological polar surface area (TPSA) is 54.4 Å². The molecule has 2 atom stereocenters. The van der Waals surface area contributed by atoms with Gasteiger partial charge in [-0.25, -0.2) is 0 Å². The van der Waals surface area contributed by atoms with E-state index in [0.29, 0.717) is 5.56 Å². The highest BCUT2D eigenvalue weighted by molar-refractivity contribution is 6.02. The van der Waals surface area contributed by atoms with Gasteiger partial charge in [0, 0.05) is 11.5 Å². The molecule has 0 amide bonds. The van der Waals surface area contributed by atoms with Gasteiger partial charge in [-0.3, -0.25) is 9.59 Å². The Morgan fingerprint density at radius 1 is 1.53 bits per heavy atom. The zero-order chi connectivity index (χ0) is 12.6. The SMILES string of the molecule is CCC1Cc2ccc(C(C)C(=O)O)cc2C1=O. The van der Waals surface area contributed by atoms with Crippen LogP contribution in [-0.4, -0.2) is 16.9 Å². The number of rotatable bonds is 3. The lowest BCUT2D eigenvalue weighted by Crippen LogP contribution is -2.09. The van der Waals surface area contributed by atoms with E-state index in [4.69, 9.17) is 5.11 Å². The van der Waals surface area contributed by atoms with Gasteiger partial charge in [-0.2, -0.15) is 0 Å². The fourth-order valence-corrected chi connectivity index (χ4v) is 2.32. The van der Waals surface area contributed by atoms with Gasteiger partial charge in [0.15, 0.2) is 5.78 Å². The van der Waals surface area contributed by atoms with Gasteiger partial charge in [0.25, 0.3) is 0 Å². The van der Waals surface area contributed by atoms with E-state index in [0.717, 1.165) is 24.0 Å². The Morgan fingerprint density at radius 3 is 2.82 bits per heavy atom. The molecule has 0 saturated carbocycles. The Morgan fingerprint density at radius 2 is 2.24 bits per heavy atom. The molecule has 1 aromatic rings. The summed E-state index contributed by atoms with van der Waals surface area (Å²) in [6, 6.07) is 5.48. The van der Waals surface area contributed by atoms with Crippen molar-refractivity contribution in [2.75, 3.05) is 0 Å². The zero-order valence-electron chi connectivity index (χ0n) is 10.1. The summed E-state index contributed by atoms with van der Waals surface area (Å²) < 4.78 is 0. The number of ketones is 1. The quantitative estimate of drug-likeness (QED) is 0.871. The van der Waals surface area contributed by atoms with E-state index in [9.17, 15) is 9.59 Å². The molecule has 1 aliphatic rings. The molecule has 2 unspecified atom stereocenters. The Hall–Kier alpha value is -1.64. The number of carboxylic acids is 1. The van der Waals surface area contributed by atoms with E-state index in [1.807, 2.05) is 19.1 Å². The van der Waals surface area contributed by atoms with Gasteiger partial charge in [0.05, 0.1) is 5.92 Å². The normalized spacial score (nSPS) is 20.1. The lowest BCUT2D eigenvalue weighted by Gasteiger charge is -2.08. The molecular weight excluding hydrogens is 216 g/mol. The van der Waals surface area contributed by atoms with Gasteiger partial charge >= 0.3 is 5.97 Å². The van der Waals surface area contributed by atoms with Crippen molar-refractivity contribution >= 4 is 11.8 Å². The van der Waals surface area contributed by atoms with Crippen LogP contribution in [0, 0.1) is 5.92 Å². The maximum absolute atomic E-state index is 12.0. The minimum Gasteiger partial charge on any atom is -0.481 e. The Balaban J connectivity index is 2.37. The molecule has 0 aromatic heterocycles. The fraction of sp³-hybridized carbons (Fsp3) is 0.429. The summed E-state index contributed by atoms with van der Waals surface area (Å²) in [6.45, 7) is 3.65. The number of hydrogen-bond donors (Lipinski definition) is 1. The molecule has 0 aliphatic heterocycles. The summed E-state index contributed by atoms with van der Waals surface area (Å²) in [5.41, 5.74) is 2.49. The number of carboxylic acid groups (broad SMARTS) is 1. The third kappa shape index (κ3) is 1.97. The van der Waals surface area contributed by atoms with Crippen molar-refractivity contribution in [3.63, 3.8) is 0 Å². The number of carbonyl (C=O) groups is 2. The Bertz CT molecular complexity index is 476. The summed E-state index contributed by atoms with van der Waals surface area (Å²) in [5, 5.41) is 8.96. The average molecular weight is 232 g/mol. The maximum atomic E-state index is 12.0. The first-order chi connectivity index (χ1) is 8.04. The van der Waals surface area contributed by atoms with Crippen LogP contribution in [0.1, 0.15) is 47.7 Å². The number of hydrogen-bond acceptors (Lipinski definition) is 2. The summed E-state index contributed by atoms with van der Waals surface area (Å²) in [4.78, 5) is 22.9. The van der Waals surface area contributed by atoms with E-state index in [-0.39, 0.29) is 11.7 Å². The molecule has 90 valence electrons. The molecule has 1 aliphatic carbocycles. The second-order valence-corrected chi connectivity index (χ2v) is 4.65. The monoisotopic (exact) mass is 232 g/mol. The Labute approximate surface area is 100 Å². The molecular formula is C14H16O3. The van der Waals surface area contributed by atoms with E-state index in [1.165, 1.54) is 0 Å². The standard InChI is InChI=1S/C14H16O3/c1-3-9-6-11-5-4-10(8(2)14(16)17)7-12(11)13(9)15/h4-5,7-9H,3,6H2,1-2H3,(H,16,17). The van der Waals surface area contributed by atoms with Crippen LogP contribution >= 0.6 is 0 Å². The third-order valence-corrected chi connectivity index (χ3v) is 3.60. The lowest BCUT2D eigenvalue weighted by atomic mass is 9.97. The Kier molecular flexibility index (Phi) is 3.01. The van der Waals surface area contributed by atoms with E-state index in [2.05, 4.69) is 0 Å². The largest absolute Gasteiger partial charge is 0.481 e. The lowest BCUT2D eigenvalue weighted by molar-refractivity contribution is -0.138. The smallest absolute Gasteiger partial charge is 0.310 e. The number of aliphatic carboxylic acids is 1. The fourth-order valence-electron chi connectivity index (χ4n) is 2.32. The average Bonchev–Trinajstić information content (AvgIpc) is 2.64. The number of carbonyl (C=O) groups excluding carboxylic acids is 1. The van der Waals surface area contributed by atoms with Crippen LogP contribution in [0.3, 0.4) is 0 Å². The summed E-state index contributed by atoms with van der Waals surface area (Å²) in [6.07, 6.45) is 1.64. The van der Waals surface area contributed by atoms with Crippen LogP contribution < -0.4 is 0 Å². The van der Waals surface area contributed by atoms with Crippen LogP contribution in [0.5, 0.6) is 0 Å². The molecule has 1 N–H and O–H groups in total. The van der Waals surface area contributed by atoms with Crippen LogP contribution in [0.2, 0.25) is 0 Å². The zero-order valence-corrected chi connectivity index (χ0v) is 10.1. The molecule has 0 heterocycles. The molecule has 0 saturated heterocycles. The highest BCUT2D eigenvalue weighted by Gasteiger charge is 2.29. The van der Waals surface area contributed by atoms with E-state index >= 15 is 0 Å². The first kappa shape index (κ1) is 11.8. The molecule has 0 radical (unpaired) electrons. The second kappa shape index (κ2) is 4.32. The molecule has 2 rings (SSSR count). The van der Waals surface area contributed by atoms with Crippen molar-refractivity contribution in [3.8, 4) is 0 Å². The highest BCUT2D eigenvalue weighted by Crippen LogP contribution is 2.31. The third-order valence-electron chi connectivity index (χ3n) is 3.60. The molecule has 0 fully saturated rings. The number of fused-ring (bicyclic) bond motifs is 1. The van der Waals surface area contributed by atoms with Crippen molar-refractivity contribution in [3.05, 3.63) is 34.9 Å². The minimum atomic E-state index is -0.859. The molecule has 3 nitrogen and oxygen atoms in total. The maximum Gasteiger partial charge on any atom is 0.310 e. The van der Waals surface area contributed by atoms with Crippen LogP contribution in [0.25, 0.3) is 0 Å².